The first-order valence-electron chi connectivity index (χ1n) is 6.07. The van der Waals surface area contributed by atoms with Crippen molar-refractivity contribution in [2.45, 2.75) is 6.29 Å². The predicted octanol–water partition coefficient (Wildman–Crippen LogP) is -1.13. The summed E-state index contributed by atoms with van der Waals surface area (Å²) in [6, 6.07) is 0. The fraction of sp³-hybridized carbons (Fsp3) is 1.00. The van der Waals surface area contributed by atoms with Crippen molar-refractivity contribution >= 4 is 0 Å². The van der Waals surface area contributed by atoms with Gasteiger partial charge in [-0.05, 0) is 0 Å². The molecule has 5 aliphatic heterocycles. The Morgan fingerprint density at radius 2 is 1.38 bits per heavy atom. The van der Waals surface area contributed by atoms with Gasteiger partial charge in [0.15, 0.2) is 0 Å². The van der Waals surface area contributed by atoms with Crippen molar-refractivity contribution in [1.82, 2.24) is 14.7 Å². The highest BCUT2D eigenvalue weighted by Gasteiger charge is 2.49. The Kier molecular flexibility index (Phi) is 2.06. The average Bonchev–Trinajstić information content (AvgIpc) is 2.66. The number of rotatable bonds is 2. The first kappa shape index (κ1) is 9.76. The molecule has 0 atom stereocenters. The molecule has 0 aromatic carbocycles. The highest BCUT2D eigenvalue weighted by Crippen LogP contribution is 2.29. The number of hydrogen-bond donors (Lipinski definition) is 0. The highest BCUT2D eigenvalue weighted by molar-refractivity contribution is 4.74. The molecule has 5 fully saturated rings. The standard InChI is InChI=1S/C10H19N4O2/c1-2-16-10(15-1)3-14-7-11-4-12(8-14)6-13(5-11)9-14/h10H,1-9H2/q+1. The van der Waals surface area contributed by atoms with Crippen LogP contribution in [0.25, 0.3) is 0 Å². The van der Waals surface area contributed by atoms with E-state index in [2.05, 4.69) is 14.7 Å². The topological polar surface area (TPSA) is 28.2 Å². The van der Waals surface area contributed by atoms with Crippen LogP contribution in [0.4, 0.5) is 0 Å². The summed E-state index contributed by atoms with van der Waals surface area (Å²) in [5.41, 5.74) is 0. The molecular weight excluding hydrogens is 208 g/mol. The molecule has 0 N–H and O–H groups in total. The smallest absolute Gasteiger partial charge is 0.207 e. The minimum atomic E-state index is 0.0276. The Morgan fingerprint density at radius 3 is 1.88 bits per heavy atom. The summed E-state index contributed by atoms with van der Waals surface area (Å²) in [4.78, 5) is 7.56. The Hall–Kier alpha value is -0.240. The quantitative estimate of drug-likeness (QED) is 0.557. The van der Waals surface area contributed by atoms with E-state index in [-0.39, 0.29) is 6.29 Å². The maximum atomic E-state index is 5.60. The van der Waals surface area contributed by atoms with E-state index < -0.39 is 0 Å². The van der Waals surface area contributed by atoms with E-state index in [1.807, 2.05) is 0 Å². The summed E-state index contributed by atoms with van der Waals surface area (Å²) in [7, 11) is 0. The lowest BCUT2D eigenvalue weighted by atomic mass is 10.3. The summed E-state index contributed by atoms with van der Waals surface area (Å²) >= 11 is 0. The molecule has 0 aromatic heterocycles. The molecule has 0 unspecified atom stereocenters. The van der Waals surface area contributed by atoms with Gasteiger partial charge in [-0.3, -0.25) is 4.48 Å². The molecule has 4 bridgehead atoms. The summed E-state index contributed by atoms with van der Waals surface area (Å²) in [5.74, 6) is 0. The zero-order valence-electron chi connectivity index (χ0n) is 9.55. The van der Waals surface area contributed by atoms with E-state index in [9.17, 15) is 0 Å². The van der Waals surface area contributed by atoms with Crippen LogP contribution in [0.15, 0.2) is 0 Å². The number of quaternary nitrogens is 1. The molecule has 5 saturated heterocycles. The molecule has 0 aliphatic carbocycles. The molecule has 16 heavy (non-hydrogen) atoms. The maximum absolute atomic E-state index is 5.60. The van der Waals surface area contributed by atoms with Gasteiger partial charge in [-0.25, -0.2) is 14.7 Å². The molecule has 6 nitrogen and oxygen atoms in total. The fourth-order valence-corrected chi connectivity index (χ4v) is 3.66. The molecule has 5 heterocycles. The predicted molar refractivity (Wildman–Crippen MR) is 55.5 cm³/mol. The minimum absolute atomic E-state index is 0.0276. The lowest BCUT2D eigenvalue weighted by Crippen LogP contribution is -2.80. The molecule has 6 heteroatoms. The van der Waals surface area contributed by atoms with Crippen molar-refractivity contribution in [2.75, 3.05) is 59.8 Å². The zero-order chi connectivity index (χ0) is 10.6. The van der Waals surface area contributed by atoms with Crippen LogP contribution in [0, 0.1) is 0 Å². The van der Waals surface area contributed by atoms with Gasteiger partial charge in [0.25, 0.3) is 0 Å². The van der Waals surface area contributed by atoms with E-state index in [0.717, 1.165) is 64.3 Å². The maximum Gasteiger partial charge on any atom is 0.207 e. The van der Waals surface area contributed by atoms with Crippen LogP contribution in [0.5, 0.6) is 0 Å². The lowest BCUT2D eigenvalue weighted by molar-refractivity contribution is -0.983. The third kappa shape index (κ3) is 1.49. The SMILES string of the molecule is C1COC(C[N+]23CN4CN(CN(C4)C2)C3)O1. The van der Waals surface area contributed by atoms with Gasteiger partial charge in [0, 0.05) is 0 Å². The third-order valence-corrected chi connectivity index (χ3v) is 3.93. The second-order valence-corrected chi connectivity index (χ2v) is 5.56. The monoisotopic (exact) mass is 227 g/mol. The van der Waals surface area contributed by atoms with Crippen molar-refractivity contribution in [1.29, 1.82) is 0 Å². The van der Waals surface area contributed by atoms with Gasteiger partial charge in [0.1, 0.15) is 26.6 Å². The Balaban J connectivity index is 1.52. The molecule has 0 aromatic rings. The van der Waals surface area contributed by atoms with E-state index >= 15 is 0 Å². The van der Waals surface area contributed by atoms with Crippen molar-refractivity contribution < 1.29 is 14.0 Å². The van der Waals surface area contributed by atoms with Gasteiger partial charge in [-0.1, -0.05) is 0 Å². The van der Waals surface area contributed by atoms with Crippen molar-refractivity contribution in [3.63, 3.8) is 0 Å². The van der Waals surface area contributed by atoms with Crippen LogP contribution in [0.3, 0.4) is 0 Å². The first-order chi connectivity index (χ1) is 7.81. The summed E-state index contributed by atoms with van der Waals surface area (Å²) in [6.45, 7) is 9.45. The van der Waals surface area contributed by atoms with E-state index in [4.69, 9.17) is 9.47 Å². The Bertz CT molecular complexity index is 257. The molecule has 0 spiro atoms. The van der Waals surface area contributed by atoms with Gasteiger partial charge in [0.05, 0.1) is 33.2 Å². The van der Waals surface area contributed by atoms with Gasteiger partial charge in [-0.2, -0.15) is 0 Å². The van der Waals surface area contributed by atoms with Crippen LogP contribution in [0.2, 0.25) is 0 Å². The van der Waals surface area contributed by atoms with Crippen LogP contribution in [0.1, 0.15) is 0 Å². The third-order valence-electron chi connectivity index (χ3n) is 3.93. The van der Waals surface area contributed by atoms with Gasteiger partial charge in [-0.15, -0.1) is 0 Å². The summed E-state index contributed by atoms with van der Waals surface area (Å²) in [5, 5.41) is 0. The molecule has 0 amide bonds. The van der Waals surface area contributed by atoms with Crippen molar-refractivity contribution in [2.24, 2.45) is 0 Å². The first-order valence-corrected chi connectivity index (χ1v) is 6.07. The molecule has 5 aliphatic rings. The van der Waals surface area contributed by atoms with E-state index in [1.165, 1.54) is 0 Å². The molecule has 0 saturated carbocycles. The number of hydrogen-bond acceptors (Lipinski definition) is 5. The second kappa shape index (κ2) is 3.38. The highest BCUT2D eigenvalue weighted by atomic mass is 16.7. The largest absolute Gasteiger partial charge is 0.345 e. The van der Waals surface area contributed by atoms with Crippen LogP contribution < -0.4 is 0 Å². The Labute approximate surface area is 95.5 Å². The van der Waals surface area contributed by atoms with Crippen molar-refractivity contribution in [3.05, 3.63) is 0 Å². The van der Waals surface area contributed by atoms with Crippen LogP contribution >= 0.6 is 0 Å². The second-order valence-electron chi connectivity index (χ2n) is 5.56. The fourth-order valence-electron chi connectivity index (χ4n) is 3.66. The lowest BCUT2D eigenvalue weighted by Gasteiger charge is -2.60. The molecular formula is C10H19N4O2+. The van der Waals surface area contributed by atoms with Crippen LogP contribution in [-0.2, 0) is 9.47 Å². The molecule has 90 valence electrons. The average molecular weight is 227 g/mol. The number of nitrogens with zero attached hydrogens (tertiary/aromatic N) is 4. The zero-order valence-corrected chi connectivity index (χ0v) is 9.55. The molecule has 0 radical (unpaired) electrons. The Morgan fingerprint density at radius 1 is 0.875 bits per heavy atom. The van der Waals surface area contributed by atoms with Crippen molar-refractivity contribution in [3.8, 4) is 0 Å². The minimum Gasteiger partial charge on any atom is -0.345 e. The van der Waals surface area contributed by atoms with Gasteiger partial charge >= 0.3 is 0 Å². The summed E-state index contributed by atoms with van der Waals surface area (Å²) < 4.78 is 12.3. The summed E-state index contributed by atoms with van der Waals surface area (Å²) in [6.07, 6.45) is 0.0276. The number of ether oxygens (including phenoxy) is 2. The normalized spacial score (nSPS) is 51.4. The van der Waals surface area contributed by atoms with Crippen LogP contribution in [-0.4, -0.2) is 85.2 Å². The van der Waals surface area contributed by atoms with Gasteiger partial charge in [0.2, 0.25) is 6.29 Å². The molecule has 5 rings (SSSR count). The van der Waals surface area contributed by atoms with E-state index in [1.54, 1.807) is 0 Å². The van der Waals surface area contributed by atoms with E-state index in [0.29, 0.717) is 0 Å². The van der Waals surface area contributed by atoms with Gasteiger partial charge < -0.3 is 9.47 Å².